The number of thioether (sulfide) groups is 1. The van der Waals surface area contributed by atoms with Gasteiger partial charge in [-0.3, -0.25) is 14.4 Å². The highest BCUT2D eigenvalue weighted by molar-refractivity contribution is 8.00. The van der Waals surface area contributed by atoms with E-state index in [-0.39, 0.29) is 12.4 Å². The molecule has 0 radical (unpaired) electrons. The smallest absolute Gasteiger partial charge is 0.337 e. The van der Waals surface area contributed by atoms with Crippen LogP contribution in [0, 0.1) is 0 Å². The third kappa shape index (κ3) is 5.22. The number of rotatable bonds is 8. The molecule has 5 rings (SSSR count). The first-order valence-electron chi connectivity index (χ1n) is 11.8. The van der Waals surface area contributed by atoms with E-state index in [1.807, 2.05) is 66.7 Å². The van der Waals surface area contributed by atoms with Gasteiger partial charge < -0.3 is 19.7 Å². The fourth-order valence-corrected chi connectivity index (χ4v) is 5.62. The lowest BCUT2D eigenvalue weighted by atomic mass is 9.99. The van der Waals surface area contributed by atoms with E-state index < -0.39 is 47.1 Å². The van der Waals surface area contributed by atoms with E-state index in [1.165, 1.54) is 16.7 Å². The minimum absolute atomic E-state index is 0.0302. The van der Waals surface area contributed by atoms with Crippen LogP contribution in [-0.2, 0) is 23.9 Å². The van der Waals surface area contributed by atoms with Gasteiger partial charge >= 0.3 is 5.97 Å². The summed E-state index contributed by atoms with van der Waals surface area (Å²) < 4.78 is 11.3. The number of ketones is 1. The van der Waals surface area contributed by atoms with E-state index in [0.29, 0.717) is 5.75 Å². The van der Waals surface area contributed by atoms with Gasteiger partial charge in [-0.05, 0) is 23.3 Å². The lowest BCUT2D eigenvalue weighted by Gasteiger charge is -2.51. The predicted molar refractivity (Wildman–Crippen MR) is 137 cm³/mol. The zero-order chi connectivity index (χ0) is 25.8. The second-order valence-electron chi connectivity index (χ2n) is 8.60. The molecule has 2 aliphatic heterocycles. The summed E-state index contributed by atoms with van der Waals surface area (Å²) in [5.74, 6) is -1.60. The fourth-order valence-electron chi connectivity index (χ4n) is 4.36. The largest absolute Gasteiger partial charge is 0.484 e. The number of Topliss-reactive ketones (excluding diaryl/α,β-unsaturated/α-hetero) is 1. The van der Waals surface area contributed by atoms with Crippen molar-refractivity contribution >= 4 is 35.3 Å². The minimum atomic E-state index is -1.36. The van der Waals surface area contributed by atoms with Crippen LogP contribution in [0.3, 0.4) is 0 Å². The second kappa shape index (κ2) is 10.9. The molecule has 1 N–H and O–H groups in total. The number of hydrogen-bond donors (Lipinski definition) is 1. The van der Waals surface area contributed by atoms with E-state index >= 15 is 0 Å². The molecular formula is C28H24N2O6S. The molecule has 3 atom stereocenters. The Labute approximate surface area is 217 Å². The number of ether oxygens (including phenoxy) is 2. The molecule has 0 aromatic heterocycles. The monoisotopic (exact) mass is 516 g/mol. The highest BCUT2D eigenvalue weighted by Gasteiger charge is 2.58. The van der Waals surface area contributed by atoms with E-state index in [1.54, 1.807) is 24.3 Å². The lowest BCUT2D eigenvalue weighted by Crippen LogP contribution is -2.76. The number of benzene rings is 3. The molecule has 2 amide bonds. The van der Waals surface area contributed by atoms with Crippen molar-refractivity contribution in [2.24, 2.45) is 0 Å². The summed E-state index contributed by atoms with van der Waals surface area (Å²) in [6, 6.07) is 25.1. The van der Waals surface area contributed by atoms with Crippen LogP contribution < -0.4 is 10.1 Å². The van der Waals surface area contributed by atoms with Crippen molar-refractivity contribution in [3.05, 3.63) is 102 Å². The topological polar surface area (TPSA) is 102 Å². The molecular weight excluding hydrogens is 492 g/mol. The van der Waals surface area contributed by atoms with Crippen LogP contribution in [0.5, 0.6) is 5.75 Å². The van der Waals surface area contributed by atoms with Crippen molar-refractivity contribution in [1.29, 1.82) is 0 Å². The molecule has 188 valence electrons. The SMILES string of the molecule is O=C(COc1ccccc1)N[C@@H]1C(=O)N2C(C(=O)OC(c3ccccc3)c3ccccc3)C(=O)CS[C@H]12. The zero-order valence-electron chi connectivity index (χ0n) is 19.7. The average molecular weight is 517 g/mol. The molecule has 8 nitrogen and oxygen atoms in total. The van der Waals surface area contributed by atoms with Gasteiger partial charge in [0.1, 0.15) is 17.2 Å². The van der Waals surface area contributed by atoms with Crippen LogP contribution in [-0.4, -0.2) is 58.3 Å². The molecule has 0 spiro atoms. The highest BCUT2D eigenvalue weighted by Crippen LogP contribution is 2.38. The number of carbonyl (C=O) groups is 4. The Morgan fingerprint density at radius 1 is 0.892 bits per heavy atom. The molecule has 2 heterocycles. The van der Waals surface area contributed by atoms with Crippen molar-refractivity contribution in [2.75, 3.05) is 12.4 Å². The van der Waals surface area contributed by atoms with Crippen molar-refractivity contribution < 1.29 is 28.7 Å². The van der Waals surface area contributed by atoms with Gasteiger partial charge in [-0.2, -0.15) is 0 Å². The Morgan fingerprint density at radius 2 is 1.46 bits per heavy atom. The summed E-state index contributed by atoms with van der Waals surface area (Å²) in [4.78, 5) is 52.7. The maximum atomic E-state index is 13.3. The maximum Gasteiger partial charge on any atom is 0.337 e. The molecule has 1 unspecified atom stereocenters. The van der Waals surface area contributed by atoms with Gasteiger partial charge in [-0.1, -0.05) is 78.9 Å². The Balaban J connectivity index is 1.27. The Kier molecular flexibility index (Phi) is 7.23. The Bertz CT molecular complexity index is 1250. The van der Waals surface area contributed by atoms with Gasteiger partial charge in [-0.25, -0.2) is 4.79 Å². The third-order valence-electron chi connectivity index (χ3n) is 6.15. The van der Waals surface area contributed by atoms with Crippen LogP contribution in [0.25, 0.3) is 0 Å². The number of hydrogen-bond acceptors (Lipinski definition) is 7. The number of β-lactam (4-membered cyclic amide) rings is 1. The standard InChI is InChI=1S/C28H24N2O6S/c31-21-17-37-27-23(29-22(32)16-35-20-14-8-3-9-15-20)26(33)30(27)24(21)28(34)36-25(18-10-4-1-5-11-18)19-12-6-2-7-13-19/h1-15,23-25,27H,16-17H2,(H,29,32)/t23-,24?,27-/m1/s1. The normalized spacial score (nSPS) is 20.6. The molecule has 2 aliphatic rings. The first-order valence-corrected chi connectivity index (χ1v) is 12.8. The van der Waals surface area contributed by atoms with Gasteiger partial charge in [0.25, 0.3) is 5.91 Å². The summed E-state index contributed by atoms with van der Waals surface area (Å²) in [5.41, 5.74) is 1.49. The summed E-state index contributed by atoms with van der Waals surface area (Å²) in [7, 11) is 0. The Hall–Kier alpha value is -4.11. The molecule has 3 aromatic rings. The third-order valence-corrected chi connectivity index (χ3v) is 7.44. The van der Waals surface area contributed by atoms with E-state index in [9.17, 15) is 19.2 Å². The van der Waals surface area contributed by atoms with Gasteiger partial charge in [0.15, 0.2) is 24.5 Å². The predicted octanol–water partition coefficient (Wildman–Crippen LogP) is 2.74. The quantitative estimate of drug-likeness (QED) is 0.279. The molecule has 0 aliphatic carbocycles. The van der Waals surface area contributed by atoms with Gasteiger partial charge in [-0.15, -0.1) is 11.8 Å². The van der Waals surface area contributed by atoms with Gasteiger partial charge in [0, 0.05) is 0 Å². The number of carbonyl (C=O) groups excluding carboxylic acids is 4. The maximum absolute atomic E-state index is 13.3. The highest BCUT2D eigenvalue weighted by atomic mass is 32.2. The average Bonchev–Trinajstić information content (AvgIpc) is 2.94. The molecule has 3 aromatic carbocycles. The van der Waals surface area contributed by atoms with Crippen molar-refractivity contribution in [2.45, 2.75) is 23.6 Å². The summed E-state index contributed by atoms with van der Waals surface area (Å²) in [6.07, 6.45) is -0.738. The number of nitrogens with one attached hydrogen (secondary N) is 1. The lowest BCUT2D eigenvalue weighted by molar-refractivity contribution is -0.170. The first-order chi connectivity index (χ1) is 18.0. The zero-order valence-corrected chi connectivity index (χ0v) is 20.5. The molecule has 2 fully saturated rings. The summed E-state index contributed by atoms with van der Waals surface area (Å²) in [6.45, 7) is -0.259. The number of nitrogens with zero attached hydrogens (tertiary/aromatic N) is 1. The van der Waals surface area contributed by atoms with Gasteiger partial charge in [0.2, 0.25) is 5.91 Å². The van der Waals surface area contributed by atoms with Crippen LogP contribution in [0.1, 0.15) is 17.2 Å². The second-order valence-corrected chi connectivity index (χ2v) is 9.71. The molecule has 0 saturated carbocycles. The van der Waals surface area contributed by atoms with E-state index in [2.05, 4.69) is 5.32 Å². The van der Waals surface area contributed by atoms with Crippen molar-refractivity contribution in [3.63, 3.8) is 0 Å². The van der Waals surface area contributed by atoms with E-state index in [4.69, 9.17) is 9.47 Å². The van der Waals surface area contributed by atoms with Crippen molar-refractivity contribution in [1.82, 2.24) is 10.2 Å². The Morgan fingerprint density at radius 3 is 2.05 bits per heavy atom. The van der Waals surface area contributed by atoms with Crippen molar-refractivity contribution in [3.8, 4) is 5.75 Å². The number of esters is 1. The number of amides is 2. The molecule has 0 bridgehead atoms. The van der Waals surface area contributed by atoms with Crippen LogP contribution >= 0.6 is 11.8 Å². The van der Waals surface area contributed by atoms with Gasteiger partial charge in [0.05, 0.1) is 5.75 Å². The van der Waals surface area contributed by atoms with Crippen LogP contribution in [0.2, 0.25) is 0 Å². The summed E-state index contributed by atoms with van der Waals surface area (Å²) >= 11 is 1.21. The first kappa shape index (κ1) is 24.6. The minimum Gasteiger partial charge on any atom is -0.484 e. The molecule has 2 saturated heterocycles. The molecule has 37 heavy (non-hydrogen) atoms. The van der Waals surface area contributed by atoms with Crippen LogP contribution in [0.4, 0.5) is 0 Å². The number of para-hydroxylation sites is 1. The molecule has 9 heteroatoms. The number of fused-ring (bicyclic) bond motifs is 1. The fraction of sp³-hybridized carbons (Fsp3) is 0.214. The van der Waals surface area contributed by atoms with Crippen LogP contribution in [0.15, 0.2) is 91.0 Å². The summed E-state index contributed by atoms with van der Waals surface area (Å²) in [5, 5.41) is 2.12. The van der Waals surface area contributed by atoms with E-state index in [0.717, 1.165) is 11.1 Å².